The molecule has 4 nitrogen and oxygen atoms in total. The third-order valence-corrected chi connectivity index (χ3v) is 2.36. The topological polar surface area (TPSA) is 52.1 Å². The molecule has 0 radical (unpaired) electrons. The highest BCUT2D eigenvalue weighted by atomic mass is 16.5. The van der Waals surface area contributed by atoms with Gasteiger partial charge in [0.1, 0.15) is 5.78 Å². The van der Waals surface area contributed by atoms with E-state index < -0.39 is 0 Å². The maximum absolute atomic E-state index is 11.5. The molecule has 1 heterocycles. The molecule has 1 atom stereocenters. The molecule has 0 amide bonds. The number of carbonyl (C=O) groups excluding carboxylic acids is 1. The molecule has 0 aliphatic heterocycles. The first-order chi connectivity index (χ1) is 7.69. The maximum atomic E-state index is 11.5. The first kappa shape index (κ1) is 12.6. The molecule has 88 valence electrons. The van der Waals surface area contributed by atoms with Gasteiger partial charge in [0.2, 0.25) is 5.88 Å². The van der Waals surface area contributed by atoms with Crippen molar-refractivity contribution in [3.8, 4) is 5.88 Å². The second kappa shape index (κ2) is 6.20. The van der Waals surface area contributed by atoms with Crippen LogP contribution in [0.1, 0.15) is 45.2 Å². The highest BCUT2D eigenvalue weighted by Crippen LogP contribution is 2.17. The van der Waals surface area contributed by atoms with E-state index in [1.54, 1.807) is 12.4 Å². The van der Waals surface area contributed by atoms with Crippen molar-refractivity contribution in [1.82, 2.24) is 9.97 Å². The highest BCUT2D eigenvalue weighted by molar-refractivity contribution is 5.84. The van der Waals surface area contributed by atoms with Crippen molar-refractivity contribution in [2.24, 2.45) is 0 Å². The molecule has 0 fully saturated rings. The van der Waals surface area contributed by atoms with Gasteiger partial charge < -0.3 is 4.74 Å². The van der Waals surface area contributed by atoms with Gasteiger partial charge >= 0.3 is 0 Å². The van der Waals surface area contributed by atoms with Gasteiger partial charge in [0.05, 0.1) is 24.4 Å². The summed E-state index contributed by atoms with van der Waals surface area (Å²) in [5.41, 5.74) is 0.681. The van der Waals surface area contributed by atoms with Crippen molar-refractivity contribution in [2.75, 3.05) is 6.61 Å². The van der Waals surface area contributed by atoms with Crippen LogP contribution < -0.4 is 4.74 Å². The molecule has 0 saturated heterocycles. The second-order valence-electron chi connectivity index (χ2n) is 3.67. The Kier molecular flexibility index (Phi) is 4.89. The van der Waals surface area contributed by atoms with E-state index in [2.05, 4.69) is 9.97 Å². The summed E-state index contributed by atoms with van der Waals surface area (Å²) in [6, 6.07) is 0. The molecule has 0 bridgehead atoms. The number of nitrogens with zero attached hydrogens (tertiary/aromatic N) is 2. The van der Waals surface area contributed by atoms with Crippen molar-refractivity contribution in [2.45, 2.75) is 39.5 Å². The van der Waals surface area contributed by atoms with Gasteiger partial charge in [-0.2, -0.15) is 0 Å². The minimum Gasteiger partial charge on any atom is -0.477 e. The van der Waals surface area contributed by atoms with E-state index in [-0.39, 0.29) is 11.7 Å². The zero-order valence-electron chi connectivity index (χ0n) is 10.1. The third-order valence-electron chi connectivity index (χ3n) is 2.36. The largest absolute Gasteiger partial charge is 0.477 e. The Balaban J connectivity index is 2.77. The van der Waals surface area contributed by atoms with Gasteiger partial charge in [-0.05, 0) is 13.3 Å². The van der Waals surface area contributed by atoms with Crippen LogP contribution in [0.4, 0.5) is 0 Å². The third kappa shape index (κ3) is 3.29. The lowest BCUT2D eigenvalue weighted by Gasteiger charge is -2.09. The number of ether oxygens (including phenoxy) is 1. The molecule has 1 aromatic heterocycles. The van der Waals surface area contributed by atoms with E-state index in [4.69, 9.17) is 4.74 Å². The molecule has 0 spiro atoms. The second-order valence-corrected chi connectivity index (χ2v) is 3.67. The van der Waals surface area contributed by atoms with Gasteiger partial charge in [0, 0.05) is 12.6 Å². The van der Waals surface area contributed by atoms with Crippen LogP contribution in [-0.2, 0) is 4.79 Å². The van der Waals surface area contributed by atoms with Gasteiger partial charge in [-0.3, -0.25) is 9.78 Å². The Hall–Kier alpha value is -1.45. The van der Waals surface area contributed by atoms with Crippen molar-refractivity contribution >= 4 is 5.78 Å². The lowest BCUT2D eigenvalue weighted by Crippen LogP contribution is -2.10. The molecular formula is C12H18N2O2. The zero-order valence-corrected chi connectivity index (χ0v) is 10.1. The summed E-state index contributed by atoms with van der Waals surface area (Å²) in [6.07, 6.45) is 4.64. The van der Waals surface area contributed by atoms with E-state index in [0.717, 1.165) is 6.42 Å². The van der Waals surface area contributed by atoms with Gasteiger partial charge in [-0.15, -0.1) is 0 Å². The first-order valence-electron chi connectivity index (χ1n) is 5.66. The number of hydrogen-bond acceptors (Lipinski definition) is 4. The average molecular weight is 222 g/mol. The number of aromatic nitrogens is 2. The Labute approximate surface area is 96.1 Å². The Morgan fingerprint density at radius 2 is 2.19 bits per heavy atom. The molecule has 0 N–H and O–H groups in total. The summed E-state index contributed by atoms with van der Waals surface area (Å²) in [5, 5.41) is 0. The minimum absolute atomic E-state index is 0.168. The standard InChI is InChI=1S/C12H18N2O2/c1-4-6-16-12-8-13-7-10(14-12)9(3)11(15)5-2/h7-9H,4-6H2,1-3H3. The normalized spacial score (nSPS) is 12.2. The number of ketones is 1. The molecule has 0 aliphatic rings. The molecule has 16 heavy (non-hydrogen) atoms. The average Bonchev–Trinajstić information content (AvgIpc) is 2.34. The fraction of sp³-hybridized carbons (Fsp3) is 0.583. The van der Waals surface area contributed by atoms with Crippen LogP contribution >= 0.6 is 0 Å². The summed E-state index contributed by atoms with van der Waals surface area (Å²) in [4.78, 5) is 19.8. The van der Waals surface area contributed by atoms with Gasteiger partial charge in [0.15, 0.2) is 0 Å². The SMILES string of the molecule is CCCOc1cncc(C(C)C(=O)CC)n1. The fourth-order valence-corrected chi connectivity index (χ4v) is 1.32. The monoisotopic (exact) mass is 222 g/mol. The van der Waals surface area contributed by atoms with Crippen molar-refractivity contribution in [3.63, 3.8) is 0 Å². The van der Waals surface area contributed by atoms with Crippen LogP contribution in [0.5, 0.6) is 5.88 Å². The maximum Gasteiger partial charge on any atom is 0.232 e. The van der Waals surface area contributed by atoms with Crippen molar-refractivity contribution < 1.29 is 9.53 Å². The Morgan fingerprint density at radius 3 is 2.81 bits per heavy atom. The predicted octanol–water partition coefficient (Wildman–Crippen LogP) is 2.35. The summed E-state index contributed by atoms with van der Waals surface area (Å²) >= 11 is 0. The van der Waals surface area contributed by atoms with Crippen molar-refractivity contribution in [1.29, 1.82) is 0 Å². The smallest absolute Gasteiger partial charge is 0.232 e. The zero-order chi connectivity index (χ0) is 12.0. The number of rotatable bonds is 6. The van der Waals surface area contributed by atoms with Crippen LogP contribution in [0.15, 0.2) is 12.4 Å². The Bertz CT molecular complexity index is 353. The molecule has 0 aliphatic carbocycles. The quantitative estimate of drug-likeness (QED) is 0.741. The van der Waals surface area contributed by atoms with E-state index in [1.165, 1.54) is 0 Å². The van der Waals surface area contributed by atoms with Crippen LogP contribution in [-0.4, -0.2) is 22.4 Å². The number of hydrogen-bond donors (Lipinski definition) is 0. The molecule has 1 rings (SSSR count). The summed E-state index contributed by atoms with van der Waals surface area (Å²) < 4.78 is 5.37. The fourth-order valence-electron chi connectivity index (χ4n) is 1.32. The number of carbonyl (C=O) groups is 1. The molecule has 1 aromatic rings. The van der Waals surface area contributed by atoms with E-state index in [1.807, 2.05) is 20.8 Å². The van der Waals surface area contributed by atoms with Crippen LogP contribution in [0.2, 0.25) is 0 Å². The summed E-state index contributed by atoms with van der Waals surface area (Å²) in [6.45, 7) is 6.35. The Morgan fingerprint density at radius 1 is 1.44 bits per heavy atom. The van der Waals surface area contributed by atoms with Gasteiger partial charge in [-0.25, -0.2) is 4.98 Å². The van der Waals surface area contributed by atoms with Crippen molar-refractivity contribution in [3.05, 3.63) is 18.1 Å². The highest BCUT2D eigenvalue weighted by Gasteiger charge is 2.15. The molecule has 4 heteroatoms. The predicted molar refractivity (Wildman–Crippen MR) is 61.5 cm³/mol. The molecule has 1 unspecified atom stereocenters. The summed E-state index contributed by atoms with van der Waals surface area (Å²) in [5.74, 6) is 0.458. The summed E-state index contributed by atoms with van der Waals surface area (Å²) in [7, 11) is 0. The molecule has 0 aromatic carbocycles. The first-order valence-corrected chi connectivity index (χ1v) is 5.66. The number of Topliss-reactive ketones (excluding diaryl/α,β-unsaturated/α-hetero) is 1. The molecular weight excluding hydrogens is 204 g/mol. The van der Waals surface area contributed by atoms with E-state index in [0.29, 0.717) is 24.6 Å². The van der Waals surface area contributed by atoms with Gasteiger partial charge in [-0.1, -0.05) is 13.8 Å². The van der Waals surface area contributed by atoms with Crippen LogP contribution in [0.25, 0.3) is 0 Å². The molecule has 0 saturated carbocycles. The van der Waals surface area contributed by atoms with Gasteiger partial charge in [0.25, 0.3) is 0 Å². The van der Waals surface area contributed by atoms with E-state index in [9.17, 15) is 4.79 Å². The van der Waals surface area contributed by atoms with E-state index >= 15 is 0 Å². The lowest BCUT2D eigenvalue weighted by molar-refractivity contribution is -0.119. The minimum atomic E-state index is -0.206. The van der Waals surface area contributed by atoms with Crippen LogP contribution in [0.3, 0.4) is 0 Å². The van der Waals surface area contributed by atoms with Crippen LogP contribution in [0, 0.1) is 0 Å². The lowest BCUT2D eigenvalue weighted by atomic mass is 10.0.